The van der Waals surface area contributed by atoms with Gasteiger partial charge in [0.05, 0.1) is 0 Å². The van der Waals surface area contributed by atoms with Crippen LogP contribution in [0.25, 0.3) is 5.57 Å². The fraction of sp³-hybridized carbons (Fsp3) is 0.312. The smallest absolute Gasteiger partial charge is 0.308 e. The van der Waals surface area contributed by atoms with E-state index in [1.807, 2.05) is 24.3 Å². The maximum Gasteiger partial charge on any atom is 0.308 e. The van der Waals surface area contributed by atoms with Crippen molar-refractivity contribution < 1.29 is 9.53 Å². The number of unbranched alkanes of at least 4 members (excludes halogenated alkanes) is 1. The van der Waals surface area contributed by atoms with E-state index >= 15 is 0 Å². The summed E-state index contributed by atoms with van der Waals surface area (Å²) >= 11 is 0. The van der Waals surface area contributed by atoms with Crippen molar-refractivity contribution in [2.75, 3.05) is 0 Å². The molecule has 0 aliphatic carbocycles. The lowest BCUT2D eigenvalue weighted by atomic mass is 10.00. The number of hydrogen-bond acceptors (Lipinski definition) is 2. The summed E-state index contributed by atoms with van der Waals surface area (Å²) in [6, 6.07) is 10.1. The largest absolute Gasteiger partial charge is 0.427 e. The standard InChI is InChI=1S/C16H20O2/c1-4-5-9-16(12-13(2)18-14(3)17)15-10-7-6-8-11-15/h6-8,10-12H,2,4-5,9H2,1,3H3/b16-12+. The molecule has 0 fully saturated rings. The van der Waals surface area contributed by atoms with Gasteiger partial charge in [-0.3, -0.25) is 4.79 Å². The van der Waals surface area contributed by atoms with Crippen LogP contribution in [0.4, 0.5) is 0 Å². The average molecular weight is 244 g/mol. The summed E-state index contributed by atoms with van der Waals surface area (Å²) in [6.45, 7) is 7.29. The second-order valence-electron chi connectivity index (χ2n) is 4.20. The Morgan fingerprint density at radius 3 is 2.56 bits per heavy atom. The molecule has 18 heavy (non-hydrogen) atoms. The highest BCUT2D eigenvalue weighted by Gasteiger charge is 2.03. The van der Waals surface area contributed by atoms with Crippen LogP contribution < -0.4 is 0 Å². The molecule has 0 unspecified atom stereocenters. The molecule has 0 spiro atoms. The Morgan fingerprint density at radius 2 is 2.00 bits per heavy atom. The predicted octanol–water partition coefficient (Wildman–Crippen LogP) is 4.34. The third-order valence-electron chi connectivity index (χ3n) is 2.55. The van der Waals surface area contributed by atoms with Crippen molar-refractivity contribution in [2.45, 2.75) is 33.1 Å². The summed E-state index contributed by atoms with van der Waals surface area (Å²) in [7, 11) is 0. The van der Waals surface area contributed by atoms with Gasteiger partial charge in [-0.2, -0.15) is 0 Å². The van der Waals surface area contributed by atoms with Crippen molar-refractivity contribution in [1.82, 2.24) is 0 Å². The van der Waals surface area contributed by atoms with Gasteiger partial charge in [-0.15, -0.1) is 0 Å². The summed E-state index contributed by atoms with van der Waals surface area (Å²) in [4.78, 5) is 10.9. The van der Waals surface area contributed by atoms with E-state index < -0.39 is 0 Å². The molecule has 0 aromatic heterocycles. The quantitative estimate of drug-likeness (QED) is 0.423. The lowest BCUT2D eigenvalue weighted by Gasteiger charge is -2.08. The van der Waals surface area contributed by atoms with Crippen LogP contribution in [0.15, 0.2) is 48.7 Å². The summed E-state index contributed by atoms with van der Waals surface area (Å²) in [5, 5.41) is 0. The van der Waals surface area contributed by atoms with Gasteiger partial charge >= 0.3 is 5.97 Å². The first-order valence-corrected chi connectivity index (χ1v) is 6.26. The third-order valence-corrected chi connectivity index (χ3v) is 2.55. The Balaban J connectivity index is 2.87. The molecule has 0 amide bonds. The van der Waals surface area contributed by atoms with Crippen LogP contribution in [0.3, 0.4) is 0 Å². The van der Waals surface area contributed by atoms with E-state index in [-0.39, 0.29) is 5.97 Å². The van der Waals surface area contributed by atoms with Crippen molar-refractivity contribution in [3.63, 3.8) is 0 Å². The van der Waals surface area contributed by atoms with Crippen LogP contribution in [0.2, 0.25) is 0 Å². The van der Waals surface area contributed by atoms with Crippen molar-refractivity contribution in [3.8, 4) is 0 Å². The van der Waals surface area contributed by atoms with E-state index in [0.29, 0.717) is 5.76 Å². The molecular formula is C16H20O2. The van der Waals surface area contributed by atoms with Crippen LogP contribution in [-0.4, -0.2) is 5.97 Å². The molecule has 0 N–H and O–H groups in total. The lowest BCUT2D eigenvalue weighted by molar-refractivity contribution is -0.136. The second kappa shape index (κ2) is 7.49. The van der Waals surface area contributed by atoms with E-state index in [0.717, 1.165) is 30.4 Å². The Morgan fingerprint density at radius 1 is 1.33 bits per heavy atom. The molecule has 1 rings (SSSR count). The zero-order valence-corrected chi connectivity index (χ0v) is 11.1. The second-order valence-corrected chi connectivity index (χ2v) is 4.20. The molecule has 0 saturated carbocycles. The van der Waals surface area contributed by atoms with E-state index in [1.54, 1.807) is 0 Å². The van der Waals surface area contributed by atoms with Crippen LogP contribution >= 0.6 is 0 Å². The molecule has 2 nitrogen and oxygen atoms in total. The van der Waals surface area contributed by atoms with Crippen LogP contribution in [-0.2, 0) is 9.53 Å². The number of benzene rings is 1. The highest BCUT2D eigenvalue weighted by Crippen LogP contribution is 2.22. The van der Waals surface area contributed by atoms with Crippen molar-refractivity contribution in [1.29, 1.82) is 0 Å². The SMILES string of the molecule is C=C(/C=C(\CCCC)c1ccccc1)OC(C)=O. The minimum absolute atomic E-state index is 0.334. The molecule has 0 atom stereocenters. The van der Waals surface area contributed by atoms with Gasteiger partial charge in [0.25, 0.3) is 0 Å². The van der Waals surface area contributed by atoms with Crippen molar-refractivity contribution in [3.05, 3.63) is 54.3 Å². The van der Waals surface area contributed by atoms with E-state index in [9.17, 15) is 4.79 Å². The molecule has 0 aliphatic rings. The number of ether oxygens (including phenoxy) is 1. The topological polar surface area (TPSA) is 26.3 Å². The molecule has 0 saturated heterocycles. The first-order chi connectivity index (χ1) is 8.63. The minimum atomic E-state index is -0.334. The van der Waals surface area contributed by atoms with Gasteiger partial charge in [0.1, 0.15) is 5.76 Å². The Labute approximate surface area is 109 Å². The molecule has 0 aliphatic heterocycles. The molecule has 0 radical (unpaired) electrons. The summed E-state index contributed by atoms with van der Waals surface area (Å²) in [5.74, 6) is 0.0663. The number of hydrogen-bond donors (Lipinski definition) is 0. The maximum absolute atomic E-state index is 10.9. The summed E-state index contributed by atoms with van der Waals surface area (Å²) in [5.41, 5.74) is 2.31. The zero-order valence-electron chi connectivity index (χ0n) is 11.1. The molecule has 0 bridgehead atoms. The highest BCUT2D eigenvalue weighted by molar-refractivity contribution is 5.71. The van der Waals surface area contributed by atoms with Crippen LogP contribution in [0.5, 0.6) is 0 Å². The van der Waals surface area contributed by atoms with Gasteiger partial charge in [0.2, 0.25) is 0 Å². The van der Waals surface area contributed by atoms with E-state index in [1.165, 1.54) is 6.92 Å². The van der Waals surface area contributed by atoms with Crippen LogP contribution in [0.1, 0.15) is 38.7 Å². The molecule has 1 aromatic rings. The Bertz CT molecular complexity index is 430. The van der Waals surface area contributed by atoms with Gasteiger partial charge in [0.15, 0.2) is 0 Å². The Hall–Kier alpha value is -1.83. The molecule has 2 heteroatoms. The maximum atomic E-state index is 10.9. The number of carbonyl (C=O) groups excluding carboxylic acids is 1. The van der Waals surface area contributed by atoms with Crippen molar-refractivity contribution in [2.24, 2.45) is 0 Å². The van der Waals surface area contributed by atoms with Gasteiger partial charge < -0.3 is 4.74 Å². The zero-order chi connectivity index (χ0) is 13.4. The van der Waals surface area contributed by atoms with Gasteiger partial charge in [-0.25, -0.2) is 0 Å². The average Bonchev–Trinajstić information content (AvgIpc) is 2.34. The molecular weight excluding hydrogens is 224 g/mol. The summed E-state index contributed by atoms with van der Waals surface area (Å²) < 4.78 is 4.97. The monoisotopic (exact) mass is 244 g/mol. The van der Waals surface area contributed by atoms with E-state index in [4.69, 9.17) is 4.74 Å². The third kappa shape index (κ3) is 5.00. The molecule has 96 valence electrons. The highest BCUT2D eigenvalue weighted by atomic mass is 16.5. The summed E-state index contributed by atoms with van der Waals surface area (Å²) in [6.07, 6.45) is 5.05. The molecule has 0 heterocycles. The lowest BCUT2D eigenvalue weighted by Crippen LogP contribution is -1.96. The molecule has 1 aromatic carbocycles. The first kappa shape index (κ1) is 14.2. The fourth-order valence-electron chi connectivity index (χ4n) is 1.73. The number of carbonyl (C=O) groups is 1. The normalized spacial score (nSPS) is 11.1. The fourth-order valence-corrected chi connectivity index (χ4v) is 1.73. The van der Waals surface area contributed by atoms with Gasteiger partial charge in [-0.05, 0) is 30.1 Å². The van der Waals surface area contributed by atoms with Gasteiger partial charge in [-0.1, -0.05) is 50.3 Å². The number of allylic oxidation sites excluding steroid dienone is 2. The first-order valence-electron chi connectivity index (χ1n) is 6.26. The Kier molecular flexibility index (Phi) is 5.92. The predicted molar refractivity (Wildman–Crippen MR) is 74.9 cm³/mol. The van der Waals surface area contributed by atoms with Crippen molar-refractivity contribution >= 4 is 11.5 Å². The van der Waals surface area contributed by atoms with Crippen LogP contribution in [0, 0.1) is 0 Å². The van der Waals surface area contributed by atoms with E-state index in [2.05, 4.69) is 25.6 Å². The number of esters is 1. The number of rotatable bonds is 6. The minimum Gasteiger partial charge on any atom is -0.427 e. The van der Waals surface area contributed by atoms with Gasteiger partial charge in [0, 0.05) is 6.92 Å².